The van der Waals surface area contributed by atoms with Gasteiger partial charge in [0.15, 0.2) is 0 Å². The lowest BCUT2D eigenvalue weighted by Crippen LogP contribution is -2.44. The van der Waals surface area contributed by atoms with Gasteiger partial charge < -0.3 is 10.6 Å². The van der Waals surface area contributed by atoms with Gasteiger partial charge in [-0.15, -0.1) is 0 Å². The zero-order valence-electron chi connectivity index (χ0n) is 11.3. The predicted molar refractivity (Wildman–Crippen MR) is 76.9 cm³/mol. The molecule has 3 rings (SSSR count). The van der Waals surface area contributed by atoms with Gasteiger partial charge in [-0.2, -0.15) is 0 Å². The van der Waals surface area contributed by atoms with Crippen molar-refractivity contribution in [3.63, 3.8) is 0 Å². The van der Waals surface area contributed by atoms with Gasteiger partial charge in [0.05, 0.1) is 0 Å². The van der Waals surface area contributed by atoms with E-state index in [0.717, 1.165) is 31.0 Å². The van der Waals surface area contributed by atoms with Crippen molar-refractivity contribution in [1.29, 1.82) is 0 Å². The molecule has 2 N–H and O–H groups in total. The molecule has 2 fully saturated rings. The fraction of sp³-hybridized carbons (Fsp3) is 0.625. The van der Waals surface area contributed by atoms with E-state index in [0.29, 0.717) is 0 Å². The van der Waals surface area contributed by atoms with Crippen molar-refractivity contribution in [2.75, 3.05) is 11.4 Å². The molecule has 0 aromatic heterocycles. The molecule has 2 nitrogen and oxygen atoms in total. The molecule has 0 aliphatic carbocycles. The first kappa shape index (κ1) is 12.0. The number of fused-ring (bicyclic) bond motifs is 2. The Morgan fingerprint density at radius 3 is 2.22 bits per heavy atom. The highest BCUT2D eigenvalue weighted by molar-refractivity contribution is 5.51. The van der Waals surface area contributed by atoms with Crippen molar-refractivity contribution in [2.24, 2.45) is 11.7 Å². The largest absolute Gasteiger partial charge is 0.366 e. The number of nitrogens with two attached hydrogens (primary N) is 1. The van der Waals surface area contributed by atoms with Gasteiger partial charge in [0.25, 0.3) is 0 Å². The highest BCUT2D eigenvalue weighted by Crippen LogP contribution is 2.41. The Morgan fingerprint density at radius 1 is 1.11 bits per heavy atom. The summed E-state index contributed by atoms with van der Waals surface area (Å²) in [4.78, 5) is 2.67. The lowest BCUT2D eigenvalue weighted by atomic mass is 9.90. The Balaban J connectivity index is 1.80. The maximum atomic E-state index is 5.86. The third-order valence-electron chi connectivity index (χ3n) is 4.81. The monoisotopic (exact) mass is 244 g/mol. The summed E-state index contributed by atoms with van der Waals surface area (Å²) < 4.78 is 0. The van der Waals surface area contributed by atoms with Crippen LogP contribution in [0.25, 0.3) is 0 Å². The van der Waals surface area contributed by atoms with Crippen LogP contribution in [0.1, 0.15) is 38.2 Å². The van der Waals surface area contributed by atoms with Crippen LogP contribution < -0.4 is 10.6 Å². The molecule has 2 atom stereocenters. The molecule has 18 heavy (non-hydrogen) atoms. The number of rotatable bonds is 3. The molecule has 2 aliphatic rings. The Bertz CT molecular complexity index is 384. The van der Waals surface area contributed by atoms with Crippen LogP contribution in [0.5, 0.6) is 0 Å². The zero-order chi connectivity index (χ0) is 12.5. The molecule has 2 saturated heterocycles. The van der Waals surface area contributed by atoms with Gasteiger partial charge in [-0.3, -0.25) is 0 Å². The molecule has 0 saturated carbocycles. The van der Waals surface area contributed by atoms with Crippen molar-refractivity contribution >= 4 is 5.69 Å². The summed E-state index contributed by atoms with van der Waals surface area (Å²) >= 11 is 0. The van der Waals surface area contributed by atoms with Crippen LogP contribution in [-0.2, 0) is 6.42 Å². The van der Waals surface area contributed by atoms with Crippen LogP contribution in [0.15, 0.2) is 24.3 Å². The van der Waals surface area contributed by atoms with E-state index in [2.05, 4.69) is 36.1 Å². The SMILES string of the molecule is CCc1ccc(N2C3CCC2CC(CN)C3)cc1. The molecule has 2 heteroatoms. The van der Waals surface area contributed by atoms with Gasteiger partial charge in [-0.1, -0.05) is 19.1 Å². The standard InChI is InChI=1S/C16H24N2/c1-2-12-3-5-14(6-4-12)18-15-7-8-16(18)10-13(9-15)11-17/h3-6,13,15-16H,2,7-11,17H2,1H3. The first-order valence-corrected chi connectivity index (χ1v) is 7.39. The second-order valence-electron chi connectivity index (χ2n) is 5.89. The number of nitrogens with zero attached hydrogens (tertiary/aromatic N) is 1. The van der Waals surface area contributed by atoms with Crippen molar-refractivity contribution in [3.05, 3.63) is 29.8 Å². The Kier molecular flexibility index (Phi) is 3.29. The van der Waals surface area contributed by atoms with Crippen LogP contribution in [-0.4, -0.2) is 18.6 Å². The van der Waals surface area contributed by atoms with Crippen molar-refractivity contribution in [2.45, 2.75) is 51.1 Å². The van der Waals surface area contributed by atoms with Gasteiger partial charge in [0, 0.05) is 17.8 Å². The fourth-order valence-electron chi connectivity index (χ4n) is 3.81. The van der Waals surface area contributed by atoms with Gasteiger partial charge in [-0.25, -0.2) is 0 Å². The van der Waals surface area contributed by atoms with Crippen LogP contribution >= 0.6 is 0 Å². The zero-order valence-corrected chi connectivity index (χ0v) is 11.3. The fourth-order valence-corrected chi connectivity index (χ4v) is 3.81. The number of piperidine rings is 1. The maximum Gasteiger partial charge on any atom is 0.0371 e. The molecular formula is C16H24N2. The second kappa shape index (κ2) is 4.93. The van der Waals surface area contributed by atoms with E-state index in [1.54, 1.807) is 0 Å². The van der Waals surface area contributed by atoms with Gasteiger partial charge in [0.2, 0.25) is 0 Å². The molecular weight excluding hydrogens is 220 g/mol. The summed E-state index contributed by atoms with van der Waals surface area (Å²) in [6, 6.07) is 10.7. The molecule has 0 spiro atoms. The molecule has 1 aromatic rings. The average molecular weight is 244 g/mol. The molecule has 98 valence electrons. The third-order valence-corrected chi connectivity index (χ3v) is 4.81. The predicted octanol–water partition coefficient (Wildman–Crippen LogP) is 2.96. The topological polar surface area (TPSA) is 29.3 Å². The van der Waals surface area contributed by atoms with E-state index >= 15 is 0 Å². The van der Waals surface area contributed by atoms with E-state index in [1.807, 2.05) is 0 Å². The van der Waals surface area contributed by atoms with Crippen LogP contribution in [0.4, 0.5) is 5.69 Å². The minimum atomic E-state index is 0.741. The highest BCUT2D eigenvalue weighted by atomic mass is 15.2. The van der Waals surface area contributed by atoms with Crippen LogP contribution in [0.2, 0.25) is 0 Å². The van der Waals surface area contributed by atoms with E-state index in [1.165, 1.54) is 36.9 Å². The Hall–Kier alpha value is -1.02. The van der Waals surface area contributed by atoms with E-state index in [-0.39, 0.29) is 0 Å². The maximum absolute atomic E-state index is 5.86. The van der Waals surface area contributed by atoms with Crippen molar-refractivity contribution in [3.8, 4) is 0 Å². The van der Waals surface area contributed by atoms with Crippen LogP contribution in [0.3, 0.4) is 0 Å². The van der Waals surface area contributed by atoms with Gasteiger partial charge in [0.1, 0.15) is 0 Å². The summed E-state index contributed by atoms with van der Waals surface area (Å²) in [6.45, 7) is 3.08. The normalized spacial score (nSPS) is 30.8. The quantitative estimate of drug-likeness (QED) is 0.885. The average Bonchev–Trinajstić information content (AvgIpc) is 2.69. The summed E-state index contributed by atoms with van der Waals surface area (Å²) in [5, 5.41) is 0. The molecule has 2 bridgehead atoms. The molecule has 2 heterocycles. The van der Waals surface area contributed by atoms with Crippen molar-refractivity contribution in [1.82, 2.24) is 0 Å². The van der Waals surface area contributed by atoms with Crippen LogP contribution in [0, 0.1) is 5.92 Å². The van der Waals surface area contributed by atoms with Gasteiger partial charge in [-0.05, 0) is 62.3 Å². The smallest absolute Gasteiger partial charge is 0.0371 e. The van der Waals surface area contributed by atoms with Crippen molar-refractivity contribution < 1.29 is 0 Å². The molecule has 2 aliphatic heterocycles. The first-order chi connectivity index (χ1) is 8.81. The summed E-state index contributed by atoms with van der Waals surface area (Å²) in [5.74, 6) is 0.758. The summed E-state index contributed by atoms with van der Waals surface area (Å²) in [6.07, 6.45) is 6.43. The minimum Gasteiger partial charge on any atom is -0.366 e. The molecule has 2 unspecified atom stereocenters. The summed E-state index contributed by atoms with van der Waals surface area (Å²) in [7, 11) is 0. The number of aryl methyl sites for hydroxylation is 1. The van der Waals surface area contributed by atoms with Gasteiger partial charge >= 0.3 is 0 Å². The Morgan fingerprint density at radius 2 is 1.72 bits per heavy atom. The molecule has 1 aromatic carbocycles. The van der Waals surface area contributed by atoms with E-state index < -0.39 is 0 Å². The third kappa shape index (κ3) is 2.03. The first-order valence-electron chi connectivity index (χ1n) is 7.39. The lowest BCUT2D eigenvalue weighted by molar-refractivity contribution is 0.347. The number of benzene rings is 1. The van der Waals surface area contributed by atoms with E-state index in [4.69, 9.17) is 5.73 Å². The highest BCUT2D eigenvalue weighted by Gasteiger charge is 2.40. The molecule has 0 radical (unpaired) electrons. The number of hydrogen-bond acceptors (Lipinski definition) is 2. The Labute approximate surface area is 110 Å². The lowest BCUT2D eigenvalue weighted by Gasteiger charge is -2.40. The number of anilines is 1. The minimum absolute atomic E-state index is 0.741. The number of hydrogen-bond donors (Lipinski definition) is 1. The van der Waals surface area contributed by atoms with E-state index in [9.17, 15) is 0 Å². The second-order valence-corrected chi connectivity index (χ2v) is 5.89. The molecule has 0 amide bonds. The summed E-state index contributed by atoms with van der Waals surface area (Å²) in [5.41, 5.74) is 8.72.